The lowest BCUT2D eigenvalue weighted by Crippen LogP contribution is -2.48. The van der Waals surface area contributed by atoms with Crippen LogP contribution < -0.4 is 5.14 Å². The second kappa shape index (κ2) is 4.45. The largest absolute Gasteiger partial charge is 0.378 e. The van der Waals surface area contributed by atoms with Gasteiger partial charge in [-0.3, -0.25) is 0 Å². The summed E-state index contributed by atoms with van der Waals surface area (Å²) < 4.78 is 29.0. The van der Waals surface area contributed by atoms with Crippen molar-refractivity contribution in [2.75, 3.05) is 32.1 Å². The minimum absolute atomic E-state index is 0.0346. The first-order valence-corrected chi connectivity index (χ1v) is 9.03. The number of nitrogens with zero attached hydrogens (tertiary/aromatic N) is 1. The predicted molar refractivity (Wildman–Crippen MR) is 77.4 cm³/mol. The van der Waals surface area contributed by atoms with Crippen molar-refractivity contribution >= 4 is 10.0 Å². The lowest BCUT2D eigenvalue weighted by atomic mass is 9.68. The molecule has 3 rings (SSSR count). The number of primary sulfonamides is 1. The third kappa shape index (κ3) is 2.00. The van der Waals surface area contributed by atoms with Crippen LogP contribution in [0, 0.1) is 16.7 Å². The molecule has 0 radical (unpaired) electrons. The number of fused-ring (bicyclic) bond motifs is 2. The maximum atomic E-state index is 11.8. The molecule has 1 heterocycles. The van der Waals surface area contributed by atoms with Gasteiger partial charge in [0.05, 0.1) is 19.0 Å². The summed E-state index contributed by atoms with van der Waals surface area (Å²) in [5.74, 6) is 0.522. The Kier molecular flexibility index (Phi) is 3.19. The van der Waals surface area contributed by atoms with Crippen LogP contribution in [0.3, 0.4) is 0 Å². The Labute approximate surface area is 121 Å². The standard InChI is InChI=1S/C14H24N2O3S/c1-13(2)11-3-4-14(13,10-20(15,17)18)12(9-11)16-5-7-19-8-6-16/h9,11H,3-8,10H2,1-2H3,(H2,15,17,18). The fourth-order valence-corrected chi connectivity index (χ4v) is 5.78. The second-order valence-electron chi connectivity index (χ2n) is 6.91. The zero-order chi connectivity index (χ0) is 14.6. The monoisotopic (exact) mass is 300 g/mol. The highest BCUT2D eigenvalue weighted by Gasteiger charge is 2.62. The van der Waals surface area contributed by atoms with Crippen molar-refractivity contribution in [3.63, 3.8) is 0 Å². The molecule has 3 aliphatic rings. The summed E-state index contributed by atoms with van der Waals surface area (Å²) in [4.78, 5) is 2.32. The van der Waals surface area contributed by atoms with Crippen molar-refractivity contribution in [3.8, 4) is 0 Å². The molecule has 2 unspecified atom stereocenters. The van der Waals surface area contributed by atoms with Crippen molar-refractivity contribution in [3.05, 3.63) is 11.8 Å². The number of hydrogen-bond donors (Lipinski definition) is 1. The average Bonchev–Trinajstić information content (AvgIpc) is 2.71. The molecule has 20 heavy (non-hydrogen) atoms. The van der Waals surface area contributed by atoms with E-state index in [4.69, 9.17) is 9.88 Å². The molecule has 2 aliphatic carbocycles. The zero-order valence-electron chi connectivity index (χ0n) is 12.3. The first-order valence-electron chi connectivity index (χ1n) is 7.32. The van der Waals surface area contributed by atoms with Gasteiger partial charge in [-0.1, -0.05) is 19.9 Å². The Bertz CT molecular complexity index is 535. The highest BCUT2D eigenvalue weighted by molar-refractivity contribution is 7.89. The van der Waals surface area contributed by atoms with Crippen molar-refractivity contribution in [1.82, 2.24) is 4.90 Å². The third-order valence-electron chi connectivity index (χ3n) is 5.69. The molecule has 0 aromatic carbocycles. The Balaban J connectivity index is 1.99. The average molecular weight is 300 g/mol. The number of rotatable bonds is 3. The van der Waals surface area contributed by atoms with Crippen molar-refractivity contribution in [2.24, 2.45) is 21.9 Å². The van der Waals surface area contributed by atoms with Crippen LogP contribution in [0.4, 0.5) is 0 Å². The van der Waals surface area contributed by atoms with Gasteiger partial charge >= 0.3 is 0 Å². The van der Waals surface area contributed by atoms with Crippen LogP contribution in [0.15, 0.2) is 11.8 Å². The van der Waals surface area contributed by atoms with E-state index in [0.29, 0.717) is 19.1 Å². The minimum atomic E-state index is -3.49. The van der Waals surface area contributed by atoms with E-state index in [0.717, 1.165) is 25.9 Å². The molecule has 5 nitrogen and oxygen atoms in total. The fraction of sp³-hybridized carbons (Fsp3) is 0.857. The van der Waals surface area contributed by atoms with Crippen molar-refractivity contribution in [1.29, 1.82) is 0 Å². The Hall–Kier alpha value is -0.590. The van der Waals surface area contributed by atoms with Crippen molar-refractivity contribution in [2.45, 2.75) is 26.7 Å². The number of morpholine rings is 1. The van der Waals surface area contributed by atoms with E-state index < -0.39 is 10.0 Å². The van der Waals surface area contributed by atoms with Gasteiger partial charge in [0.1, 0.15) is 0 Å². The summed E-state index contributed by atoms with van der Waals surface area (Å²) >= 11 is 0. The van der Waals surface area contributed by atoms with Gasteiger partial charge in [-0.2, -0.15) is 0 Å². The van der Waals surface area contributed by atoms with Gasteiger partial charge in [-0.25, -0.2) is 13.6 Å². The van der Waals surface area contributed by atoms with Gasteiger partial charge in [-0.15, -0.1) is 0 Å². The molecule has 2 bridgehead atoms. The Morgan fingerprint density at radius 1 is 1.40 bits per heavy atom. The number of allylic oxidation sites excluding steroid dienone is 2. The Morgan fingerprint density at radius 2 is 2.05 bits per heavy atom. The molecule has 0 aromatic rings. The number of sulfonamides is 1. The summed E-state index contributed by atoms with van der Waals surface area (Å²) in [5, 5.41) is 5.41. The van der Waals surface area contributed by atoms with Crippen LogP contribution in [0.5, 0.6) is 0 Å². The molecule has 114 valence electrons. The molecule has 2 N–H and O–H groups in total. The maximum Gasteiger partial charge on any atom is 0.210 e. The zero-order valence-corrected chi connectivity index (χ0v) is 13.1. The summed E-state index contributed by atoms with van der Waals surface area (Å²) in [6.07, 6.45) is 4.29. The SMILES string of the molecule is CC1(C)C2C=C(N3CCOCC3)C1(CS(N)(=O)=O)CC2. The number of nitrogens with two attached hydrogens (primary N) is 1. The smallest absolute Gasteiger partial charge is 0.210 e. The molecule has 1 aliphatic heterocycles. The second-order valence-corrected chi connectivity index (χ2v) is 8.52. The summed E-state index contributed by atoms with van der Waals surface area (Å²) in [6, 6.07) is 0. The Morgan fingerprint density at radius 3 is 2.60 bits per heavy atom. The van der Waals surface area contributed by atoms with Gasteiger partial charge < -0.3 is 9.64 Å². The molecular formula is C14H24N2O3S. The van der Waals surface area contributed by atoms with Crippen LogP contribution in [0.1, 0.15) is 26.7 Å². The van der Waals surface area contributed by atoms with Gasteiger partial charge in [-0.05, 0) is 24.2 Å². The highest BCUT2D eigenvalue weighted by atomic mass is 32.2. The van der Waals surface area contributed by atoms with E-state index in [-0.39, 0.29) is 16.6 Å². The van der Waals surface area contributed by atoms with E-state index in [1.54, 1.807) is 0 Å². The predicted octanol–water partition coefficient (Wildman–Crippen LogP) is 0.927. The molecule has 2 fully saturated rings. The normalized spacial score (nSPS) is 36.2. The first kappa shape index (κ1) is 14.4. The van der Waals surface area contributed by atoms with Crippen LogP contribution in [-0.4, -0.2) is 45.4 Å². The minimum Gasteiger partial charge on any atom is -0.378 e. The molecule has 0 spiro atoms. The lowest BCUT2D eigenvalue weighted by molar-refractivity contribution is 0.0339. The van der Waals surface area contributed by atoms with E-state index in [9.17, 15) is 8.42 Å². The molecular weight excluding hydrogens is 276 g/mol. The van der Waals surface area contributed by atoms with E-state index in [1.807, 2.05) is 0 Å². The highest BCUT2D eigenvalue weighted by Crippen LogP contribution is 2.66. The van der Waals surface area contributed by atoms with Gasteiger partial charge in [0, 0.05) is 24.2 Å². The fourth-order valence-electron chi connectivity index (χ4n) is 4.43. The lowest BCUT2D eigenvalue weighted by Gasteiger charge is -2.45. The first-order chi connectivity index (χ1) is 9.26. The number of hydrogen-bond acceptors (Lipinski definition) is 4. The van der Waals surface area contributed by atoms with Crippen LogP contribution >= 0.6 is 0 Å². The quantitative estimate of drug-likeness (QED) is 0.841. The topological polar surface area (TPSA) is 72.6 Å². The van der Waals surface area contributed by atoms with E-state index in [1.165, 1.54) is 5.70 Å². The summed E-state index contributed by atoms with van der Waals surface area (Å²) in [7, 11) is -3.49. The third-order valence-corrected chi connectivity index (χ3v) is 6.59. The van der Waals surface area contributed by atoms with Gasteiger partial charge in [0.15, 0.2) is 0 Å². The summed E-state index contributed by atoms with van der Waals surface area (Å²) in [6.45, 7) is 7.52. The molecule has 0 amide bonds. The van der Waals surface area contributed by atoms with E-state index >= 15 is 0 Å². The van der Waals surface area contributed by atoms with Crippen LogP contribution in [0.2, 0.25) is 0 Å². The summed E-state index contributed by atoms with van der Waals surface area (Å²) in [5.41, 5.74) is 0.853. The van der Waals surface area contributed by atoms with Crippen LogP contribution in [0.25, 0.3) is 0 Å². The van der Waals surface area contributed by atoms with Crippen LogP contribution in [-0.2, 0) is 14.8 Å². The molecule has 0 aromatic heterocycles. The van der Waals surface area contributed by atoms with E-state index in [2.05, 4.69) is 24.8 Å². The molecule has 2 atom stereocenters. The van der Waals surface area contributed by atoms with Gasteiger partial charge in [0.25, 0.3) is 0 Å². The van der Waals surface area contributed by atoms with Crippen molar-refractivity contribution < 1.29 is 13.2 Å². The molecule has 1 saturated carbocycles. The molecule has 6 heteroatoms. The molecule has 1 saturated heterocycles. The number of ether oxygens (including phenoxy) is 1. The van der Waals surface area contributed by atoms with Gasteiger partial charge in [0.2, 0.25) is 10.0 Å². The maximum absolute atomic E-state index is 11.8.